The van der Waals surface area contributed by atoms with Crippen molar-refractivity contribution in [2.45, 2.75) is 18.6 Å². The van der Waals surface area contributed by atoms with Crippen LogP contribution in [0, 0.1) is 6.92 Å². The summed E-state index contributed by atoms with van der Waals surface area (Å²) in [5.74, 6) is -0.830. The van der Waals surface area contributed by atoms with Crippen LogP contribution in [0.25, 0.3) is 0 Å². The van der Waals surface area contributed by atoms with Crippen molar-refractivity contribution in [3.05, 3.63) is 42.0 Å². The van der Waals surface area contributed by atoms with Crippen LogP contribution in [0.4, 0.5) is 0 Å². The van der Waals surface area contributed by atoms with Gasteiger partial charge in [-0.3, -0.25) is 9.78 Å². The molecule has 0 spiro atoms. The van der Waals surface area contributed by atoms with Crippen LogP contribution in [-0.4, -0.2) is 31.4 Å². The van der Waals surface area contributed by atoms with E-state index in [0.29, 0.717) is 11.7 Å². The topological polar surface area (TPSA) is 68.0 Å². The third-order valence-electron chi connectivity index (χ3n) is 2.24. The van der Waals surface area contributed by atoms with Crippen LogP contribution in [0.2, 0.25) is 0 Å². The Morgan fingerprint density at radius 2 is 2.33 bits per heavy atom. The van der Waals surface area contributed by atoms with E-state index in [9.17, 15) is 4.79 Å². The fraction of sp³-hybridized carbons (Fsp3) is 0.250. The molecule has 2 aromatic rings. The predicted molar refractivity (Wildman–Crippen MR) is 68.7 cm³/mol. The van der Waals surface area contributed by atoms with Gasteiger partial charge in [-0.05, 0) is 19.1 Å². The number of hydrogen-bond acceptors (Lipinski definition) is 4. The highest BCUT2D eigenvalue weighted by molar-refractivity contribution is 7.99. The molecule has 6 heteroatoms. The van der Waals surface area contributed by atoms with Crippen LogP contribution in [0.15, 0.2) is 35.7 Å². The van der Waals surface area contributed by atoms with Gasteiger partial charge in [-0.1, -0.05) is 17.8 Å². The maximum atomic E-state index is 10.6. The number of aryl methyl sites for hydroxylation is 1. The average Bonchev–Trinajstić information content (AvgIpc) is 2.68. The van der Waals surface area contributed by atoms with Crippen molar-refractivity contribution in [1.82, 2.24) is 14.5 Å². The first-order chi connectivity index (χ1) is 8.65. The molecule has 0 aliphatic carbocycles. The zero-order valence-electron chi connectivity index (χ0n) is 9.91. The van der Waals surface area contributed by atoms with E-state index in [2.05, 4.69) is 9.97 Å². The van der Waals surface area contributed by atoms with Gasteiger partial charge in [-0.2, -0.15) is 0 Å². The summed E-state index contributed by atoms with van der Waals surface area (Å²) in [5, 5.41) is 9.40. The first-order valence-electron chi connectivity index (χ1n) is 5.43. The molecule has 18 heavy (non-hydrogen) atoms. The van der Waals surface area contributed by atoms with Gasteiger partial charge in [0, 0.05) is 12.4 Å². The first kappa shape index (κ1) is 12.6. The molecule has 1 N–H and O–H groups in total. The zero-order valence-corrected chi connectivity index (χ0v) is 10.7. The largest absolute Gasteiger partial charge is 0.481 e. The molecular formula is C12H13N3O2S. The highest BCUT2D eigenvalue weighted by atomic mass is 32.2. The SMILES string of the molecule is Cc1cn(Cc2ccccn2)c(SCC(=O)O)n1. The van der Waals surface area contributed by atoms with Gasteiger partial charge in [0.15, 0.2) is 5.16 Å². The Labute approximate surface area is 109 Å². The van der Waals surface area contributed by atoms with Crippen molar-refractivity contribution in [3.8, 4) is 0 Å². The highest BCUT2D eigenvalue weighted by Gasteiger charge is 2.09. The molecule has 0 aromatic carbocycles. The minimum absolute atomic E-state index is 0.0126. The minimum atomic E-state index is -0.843. The van der Waals surface area contributed by atoms with Crippen molar-refractivity contribution in [3.63, 3.8) is 0 Å². The van der Waals surface area contributed by atoms with Crippen molar-refractivity contribution < 1.29 is 9.90 Å². The second-order valence-electron chi connectivity index (χ2n) is 3.80. The predicted octanol–water partition coefficient (Wildman–Crippen LogP) is 1.81. The number of hydrogen-bond donors (Lipinski definition) is 1. The third kappa shape index (κ3) is 3.33. The van der Waals surface area contributed by atoms with E-state index in [-0.39, 0.29) is 5.75 Å². The van der Waals surface area contributed by atoms with E-state index >= 15 is 0 Å². The van der Waals surface area contributed by atoms with Gasteiger partial charge in [0.1, 0.15) is 0 Å². The van der Waals surface area contributed by atoms with E-state index in [0.717, 1.165) is 11.4 Å². The molecule has 0 aliphatic rings. The zero-order chi connectivity index (χ0) is 13.0. The van der Waals surface area contributed by atoms with E-state index in [1.165, 1.54) is 11.8 Å². The molecule has 0 bridgehead atoms. The molecule has 2 aromatic heterocycles. The molecule has 0 saturated heterocycles. The maximum absolute atomic E-state index is 10.6. The molecule has 94 valence electrons. The van der Waals surface area contributed by atoms with Crippen molar-refractivity contribution >= 4 is 17.7 Å². The standard InChI is InChI=1S/C12H13N3O2S/c1-9-6-15(7-10-4-2-3-5-13-10)12(14-9)18-8-11(16)17/h2-6H,7-8H2,1H3,(H,16,17). The van der Waals surface area contributed by atoms with Gasteiger partial charge in [-0.25, -0.2) is 4.98 Å². The Balaban J connectivity index is 2.14. The monoisotopic (exact) mass is 263 g/mol. The highest BCUT2D eigenvalue weighted by Crippen LogP contribution is 2.18. The van der Waals surface area contributed by atoms with Crippen molar-refractivity contribution in [2.24, 2.45) is 0 Å². The van der Waals surface area contributed by atoms with Gasteiger partial charge in [-0.15, -0.1) is 0 Å². The van der Waals surface area contributed by atoms with Gasteiger partial charge in [0.2, 0.25) is 0 Å². The smallest absolute Gasteiger partial charge is 0.313 e. The van der Waals surface area contributed by atoms with Crippen LogP contribution >= 0.6 is 11.8 Å². The molecule has 0 unspecified atom stereocenters. The summed E-state index contributed by atoms with van der Waals surface area (Å²) in [5.41, 5.74) is 1.80. The number of carboxylic acid groups (broad SMARTS) is 1. The molecule has 0 amide bonds. The Hall–Kier alpha value is -1.82. The third-order valence-corrected chi connectivity index (χ3v) is 3.22. The van der Waals surface area contributed by atoms with Crippen molar-refractivity contribution in [2.75, 3.05) is 5.75 Å². The molecule has 2 rings (SSSR count). The second-order valence-corrected chi connectivity index (χ2v) is 4.74. The van der Waals surface area contributed by atoms with Crippen LogP contribution in [0.3, 0.4) is 0 Å². The Morgan fingerprint density at radius 1 is 1.50 bits per heavy atom. The summed E-state index contributed by atoms with van der Waals surface area (Å²) in [6.45, 7) is 2.49. The summed E-state index contributed by atoms with van der Waals surface area (Å²) in [6.07, 6.45) is 3.64. The lowest BCUT2D eigenvalue weighted by atomic mass is 10.3. The lowest BCUT2D eigenvalue weighted by Crippen LogP contribution is -2.04. The van der Waals surface area contributed by atoms with E-state index < -0.39 is 5.97 Å². The lowest BCUT2D eigenvalue weighted by molar-refractivity contribution is -0.133. The number of carboxylic acids is 1. The molecule has 0 atom stereocenters. The number of nitrogens with zero attached hydrogens (tertiary/aromatic N) is 3. The van der Waals surface area contributed by atoms with E-state index in [1.54, 1.807) is 6.20 Å². The molecule has 0 fully saturated rings. The number of imidazole rings is 1. The van der Waals surface area contributed by atoms with Gasteiger partial charge >= 0.3 is 5.97 Å². The summed E-state index contributed by atoms with van der Waals surface area (Å²) in [7, 11) is 0. The fourth-order valence-electron chi connectivity index (χ4n) is 1.55. The summed E-state index contributed by atoms with van der Waals surface area (Å²) >= 11 is 1.22. The van der Waals surface area contributed by atoms with Crippen LogP contribution < -0.4 is 0 Å². The number of aromatic nitrogens is 3. The number of thioether (sulfide) groups is 1. The number of carbonyl (C=O) groups is 1. The molecule has 0 radical (unpaired) electrons. The number of pyridine rings is 1. The molecular weight excluding hydrogens is 250 g/mol. The minimum Gasteiger partial charge on any atom is -0.481 e. The number of aliphatic carboxylic acids is 1. The van der Waals surface area contributed by atoms with Crippen LogP contribution in [0.1, 0.15) is 11.4 Å². The van der Waals surface area contributed by atoms with Crippen LogP contribution in [-0.2, 0) is 11.3 Å². The fourth-order valence-corrected chi connectivity index (χ4v) is 2.29. The maximum Gasteiger partial charge on any atom is 0.313 e. The lowest BCUT2D eigenvalue weighted by Gasteiger charge is -2.05. The second kappa shape index (κ2) is 5.68. The first-order valence-corrected chi connectivity index (χ1v) is 6.42. The van der Waals surface area contributed by atoms with Crippen LogP contribution in [0.5, 0.6) is 0 Å². The molecule has 0 aliphatic heterocycles. The normalized spacial score (nSPS) is 10.5. The average molecular weight is 263 g/mol. The van der Waals surface area contributed by atoms with Gasteiger partial charge in [0.25, 0.3) is 0 Å². The van der Waals surface area contributed by atoms with Crippen molar-refractivity contribution in [1.29, 1.82) is 0 Å². The summed E-state index contributed by atoms with van der Waals surface area (Å²) < 4.78 is 1.92. The van der Waals surface area contributed by atoms with Gasteiger partial charge in [0.05, 0.1) is 23.7 Å². The summed E-state index contributed by atoms with van der Waals surface area (Å²) in [4.78, 5) is 19.1. The Kier molecular flexibility index (Phi) is 3.99. The Morgan fingerprint density at radius 3 is 3.00 bits per heavy atom. The quantitative estimate of drug-likeness (QED) is 0.833. The molecule has 2 heterocycles. The van der Waals surface area contributed by atoms with E-state index in [4.69, 9.17) is 5.11 Å². The summed E-state index contributed by atoms with van der Waals surface area (Å²) in [6, 6.07) is 5.72. The number of rotatable bonds is 5. The van der Waals surface area contributed by atoms with Gasteiger partial charge < -0.3 is 9.67 Å². The molecule has 0 saturated carbocycles. The Bertz CT molecular complexity index is 540. The molecule has 5 nitrogen and oxygen atoms in total. The van der Waals surface area contributed by atoms with E-state index in [1.807, 2.05) is 35.9 Å².